The van der Waals surface area contributed by atoms with Crippen molar-refractivity contribution in [3.63, 3.8) is 0 Å². The van der Waals surface area contributed by atoms with E-state index in [1.54, 1.807) is 6.07 Å². The molecule has 1 aromatic heterocycles. The van der Waals surface area contributed by atoms with Crippen molar-refractivity contribution >= 4 is 12.0 Å². The molecule has 31 heavy (non-hydrogen) atoms. The van der Waals surface area contributed by atoms with E-state index in [1.165, 1.54) is 0 Å². The first-order valence-corrected chi connectivity index (χ1v) is 10.1. The number of benzene rings is 2. The number of hydrogen-bond acceptors (Lipinski definition) is 3. The molecule has 1 aliphatic rings. The second-order valence-corrected chi connectivity index (χ2v) is 7.61. The number of hydrogen-bond donors (Lipinski definition) is 3. The molecule has 0 fully saturated rings. The Bertz CT molecular complexity index is 1210. The molecule has 2 amide bonds. The fourth-order valence-corrected chi connectivity index (χ4v) is 4.11. The first-order valence-electron chi connectivity index (χ1n) is 10.1. The summed E-state index contributed by atoms with van der Waals surface area (Å²) >= 11 is 0. The van der Waals surface area contributed by atoms with Crippen molar-refractivity contribution in [3.05, 3.63) is 71.4 Å². The largest absolute Gasteiger partial charge is 0.465 e. The zero-order valence-corrected chi connectivity index (χ0v) is 17.1. The maximum Gasteiger partial charge on any atom is 0.404 e. The maximum absolute atomic E-state index is 12.7. The molecule has 7 nitrogen and oxygen atoms in total. The quantitative estimate of drug-likeness (QED) is 0.588. The molecule has 2 heterocycles. The second-order valence-electron chi connectivity index (χ2n) is 7.61. The molecule has 156 valence electrons. The van der Waals surface area contributed by atoms with Gasteiger partial charge in [0.1, 0.15) is 5.69 Å². The van der Waals surface area contributed by atoms with Gasteiger partial charge in [-0.1, -0.05) is 35.9 Å². The molecule has 0 spiro atoms. The van der Waals surface area contributed by atoms with Crippen LogP contribution in [-0.2, 0) is 0 Å². The number of nitrogens with one attached hydrogen (secondary N) is 2. The van der Waals surface area contributed by atoms with Crippen LogP contribution in [0.2, 0.25) is 0 Å². The van der Waals surface area contributed by atoms with Crippen LogP contribution < -0.4 is 10.6 Å². The van der Waals surface area contributed by atoms with E-state index in [4.69, 9.17) is 5.11 Å². The van der Waals surface area contributed by atoms with E-state index in [0.29, 0.717) is 24.2 Å². The second kappa shape index (κ2) is 8.36. The van der Waals surface area contributed by atoms with Gasteiger partial charge in [0, 0.05) is 18.7 Å². The smallest absolute Gasteiger partial charge is 0.404 e. The summed E-state index contributed by atoms with van der Waals surface area (Å²) in [4.78, 5) is 23.6. The summed E-state index contributed by atoms with van der Waals surface area (Å²) in [6.45, 7) is 2.71. The Kier molecular flexibility index (Phi) is 5.46. The Morgan fingerprint density at radius 3 is 2.74 bits per heavy atom. The average Bonchev–Trinajstić information content (AvgIpc) is 3.17. The zero-order chi connectivity index (χ0) is 22.0. The molecule has 1 unspecified atom stereocenters. The first-order chi connectivity index (χ1) is 15.0. The zero-order valence-electron chi connectivity index (χ0n) is 17.1. The lowest BCUT2D eigenvalue weighted by atomic mass is 9.98. The molecule has 2 aromatic carbocycles. The highest BCUT2D eigenvalue weighted by atomic mass is 16.4. The van der Waals surface area contributed by atoms with Crippen LogP contribution in [0.4, 0.5) is 4.79 Å². The third-order valence-electron chi connectivity index (χ3n) is 5.48. The Balaban J connectivity index is 1.91. The lowest BCUT2D eigenvalue weighted by Crippen LogP contribution is -2.40. The number of nitrogens with zero attached hydrogens (tertiary/aromatic N) is 2. The Morgan fingerprint density at radius 1 is 1.23 bits per heavy atom. The molecule has 0 radical (unpaired) electrons. The van der Waals surface area contributed by atoms with Crippen LogP contribution in [0.25, 0.3) is 22.4 Å². The van der Waals surface area contributed by atoms with Crippen LogP contribution in [0.1, 0.15) is 34.1 Å². The SMILES string of the molecule is Cc1cccc(-c2c(-c3cccc(C#N)c3)cc3n2C(CCNC(=O)O)CNC3=O)c1. The molecular weight excluding hydrogens is 392 g/mol. The Morgan fingerprint density at radius 2 is 2.00 bits per heavy atom. The van der Waals surface area contributed by atoms with E-state index in [9.17, 15) is 14.9 Å². The van der Waals surface area contributed by atoms with Gasteiger partial charge in [0.2, 0.25) is 0 Å². The summed E-state index contributed by atoms with van der Waals surface area (Å²) < 4.78 is 2.02. The van der Waals surface area contributed by atoms with E-state index in [1.807, 2.05) is 54.0 Å². The fraction of sp³-hybridized carbons (Fsp3) is 0.208. The molecule has 7 heteroatoms. The van der Waals surface area contributed by atoms with Gasteiger partial charge in [-0.05, 0) is 48.7 Å². The van der Waals surface area contributed by atoms with Gasteiger partial charge in [-0.2, -0.15) is 5.26 Å². The molecule has 4 rings (SSSR count). The molecule has 1 atom stereocenters. The van der Waals surface area contributed by atoms with Crippen molar-refractivity contribution in [2.24, 2.45) is 0 Å². The van der Waals surface area contributed by atoms with E-state index in [-0.39, 0.29) is 18.5 Å². The summed E-state index contributed by atoms with van der Waals surface area (Å²) in [7, 11) is 0. The molecule has 0 saturated heterocycles. The van der Waals surface area contributed by atoms with Crippen LogP contribution >= 0.6 is 0 Å². The third-order valence-corrected chi connectivity index (χ3v) is 5.48. The van der Waals surface area contributed by atoms with Gasteiger partial charge in [-0.3, -0.25) is 4.79 Å². The van der Waals surface area contributed by atoms with Crippen LogP contribution in [0.5, 0.6) is 0 Å². The lowest BCUT2D eigenvalue weighted by molar-refractivity contribution is 0.0913. The molecule has 3 N–H and O–H groups in total. The molecule has 0 aliphatic carbocycles. The third kappa shape index (κ3) is 4.01. The monoisotopic (exact) mass is 414 g/mol. The minimum atomic E-state index is -1.07. The fourth-order valence-electron chi connectivity index (χ4n) is 4.11. The number of carbonyl (C=O) groups excluding carboxylic acids is 1. The highest BCUT2D eigenvalue weighted by molar-refractivity contribution is 5.98. The van der Waals surface area contributed by atoms with Crippen molar-refractivity contribution < 1.29 is 14.7 Å². The minimum Gasteiger partial charge on any atom is -0.465 e. The van der Waals surface area contributed by atoms with Gasteiger partial charge in [0.05, 0.1) is 23.4 Å². The van der Waals surface area contributed by atoms with E-state index < -0.39 is 6.09 Å². The molecule has 1 aliphatic heterocycles. The summed E-state index contributed by atoms with van der Waals surface area (Å²) in [6, 6.07) is 19.3. The summed E-state index contributed by atoms with van der Waals surface area (Å²) in [5.41, 5.74) is 5.75. The van der Waals surface area contributed by atoms with Gasteiger partial charge in [-0.15, -0.1) is 0 Å². The van der Waals surface area contributed by atoms with Crippen LogP contribution in [0.3, 0.4) is 0 Å². The molecular formula is C24H22N4O3. The molecule has 0 bridgehead atoms. The normalized spacial score (nSPS) is 15.0. The van der Waals surface area contributed by atoms with Crippen molar-refractivity contribution in [3.8, 4) is 28.5 Å². The van der Waals surface area contributed by atoms with Crippen molar-refractivity contribution in [2.75, 3.05) is 13.1 Å². The highest BCUT2D eigenvalue weighted by Gasteiger charge is 2.30. The molecule has 3 aromatic rings. The number of fused-ring (bicyclic) bond motifs is 1. The van der Waals surface area contributed by atoms with E-state index in [0.717, 1.165) is 27.9 Å². The van der Waals surface area contributed by atoms with Gasteiger partial charge in [-0.25, -0.2) is 4.79 Å². The lowest BCUT2D eigenvalue weighted by Gasteiger charge is -2.29. The van der Waals surface area contributed by atoms with Gasteiger partial charge >= 0.3 is 6.09 Å². The van der Waals surface area contributed by atoms with Gasteiger partial charge < -0.3 is 20.3 Å². The predicted molar refractivity (Wildman–Crippen MR) is 117 cm³/mol. The summed E-state index contributed by atoms with van der Waals surface area (Å²) in [5.74, 6) is -0.168. The van der Waals surface area contributed by atoms with Gasteiger partial charge in [0.15, 0.2) is 0 Å². The standard InChI is InChI=1S/C24H22N4O3/c1-15-4-2-7-18(10-15)22-20(17-6-3-5-16(11-17)13-25)12-21-23(29)27-14-19(28(21)22)8-9-26-24(30)31/h2-7,10-12,19,26H,8-9,14H2,1H3,(H,27,29)(H,30,31). The number of amides is 2. The van der Waals surface area contributed by atoms with E-state index >= 15 is 0 Å². The number of carbonyl (C=O) groups is 2. The Labute approximate surface area is 179 Å². The van der Waals surface area contributed by atoms with Crippen LogP contribution in [0.15, 0.2) is 54.6 Å². The predicted octanol–water partition coefficient (Wildman–Crippen LogP) is 3.94. The van der Waals surface area contributed by atoms with Crippen molar-refractivity contribution in [2.45, 2.75) is 19.4 Å². The van der Waals surface area contributed by atoms with Crippen molar-refractivity contribution in [1.82, 2.24) is 15.2 Å². The van der Waals surface area contributed by atoms with Crippen molar-refractivity contribution in [1.29, 1.82) is 5.26 Å². The number of nitriles is 1. The van der Waals surface area contributed by atoms with Gasteiger partial charge in [0.25, 0.3) is 5.91 Å². The Hall–Kier alpha value is -4.05. The van der Waals surface area contributed by atoms with E-state index in [2.05, 4.69) is 22.8 Å². The first kappa shape index (κ1) is 20.2. The summed E-state index contributed by atoms with van der Waals surface area (Å²) in [5, 5.41) is 23.6. The topological polar surface area (TPSA) is 107 Å². The minimum absolute atomic E-state index is 0.108. The number of aryl methyl sites for hydroxylation is 1. The molecule has 0 saturated carbocycles. The average molecular weight is 414 g/mol. The van der Waals surface area contributed by atoms with Crippen LogP contribution in [-0.4, -0.2) is 34.8 Å². The maximum atomic E-state index is 12.7. The summed E-state index contributed by atoms with van der Waals surface area (Å²) in [6.07, 6.45) is -0.536. The number of rotatable bonds is 5. The number of carboxylic acid groups (broad SMARTS) is 1. The number of aromatic nitrogens is 1. The van der Waals surface area contributed by atoms with Crippen LogP contribution in [0, 0.1) is 18.3 Å². The highest BCUT2D eigenvalue weighted by Crippen LogP contribution is 2.39.